The Kier molecular flexibility index (Phi) is 5.16. The van der Waals surface area contributed by atoms with Gasteiger partial charge in [-0.3, -0.25) is 4.41 Å². The summed E-state index contributed by atoms with van der Waals surface area (Å²) in [6.45, 7) is 7.85. The fourth-order valence-corrected chi connectivity index (χ4v) is 7.74. The lowest BCUT2D eigenvalue weighted by Gasteiger charge is -2.25. The molecule has 2 nitrogen and oxygen atoms in total. The molecule has 0 fully saturated rings. The number of halogens is 2. The number of hydrogen-bond acceptors (Lipinski definition) is 1. The third kappa shape index (κ3) is 5.16. The molecule has 80 valence electrons. The molecule has 1 unspecified atom stereocenters. The Hall–Kier alpha value is 0.627. The molecule has 13 heavy (non-hydrogen) atoms. The fraction of sp³-hybridized carbons (Fsp3) is 1.00. The molecule has 0 aromatic rings. The monoisotopic (exact) mass is 244 g/mol. The van der Waals surface area contributed by atoms with Gasteiger partial charge in [-0.2, -0.15) is 4.20 Å². The third-order valence-corrected chi connectivity index (χ3v) is 7.42. The highest BCUT2D eigenvalue weighted by Crippen LogP contribution is 2.60. The van der Waals surface area contributed by atoms with Crippen molar-refractivity contribution in [1.82, 2.24) is 4.67 Å². The molecule has 0 heterocycles. The maximum atomic E-state index is 13.9. The molecular weight excluding hydrogens is 226 g/mol. The third-order valence-electron chi connectivity index (χ3n) is 1.49. The highest BCUT2D eigenvalue weighted by atomic mass is 35.7. The first-order valence-electron chi connectivity index (χ1n) is 4.51. The summed E-state index contributed by atoms with van der Waals surface area (Å²) in [5.41, 5.74) is 0. The van der Waals surface area contributed by atoms with Crippen LogP contribution >= 0.6 is 18.1 Å². The number of hydrogen-bond donors (Lipinski definition) is 0. The average molecular weight is 245 g/mol. The smallest absolute Gasteiger partial charge is 0.278 e. The predicted molar refractivity (Wildman–Crippen MR) is 62.6 cm³/mol. The molecule has 0 rings (SSSR count). The topological polar surface area (TPSA) is 15.6 Å². The molecule has 0 aliphatic heterocycles. The van der Waals surface area contributed by atoms with Crippen molar-refractivity contribution >= 4 is 26.3 Å². The van der Waals surface area contributed by atoms with E-state index in [-0.39, 0.29) is 0 Å². The summed E-state index contributed by atoms with van der Waals surface area (Å²) in [6, 6.07) is 0. The first-order valence-corrected chi connectivity index (χ1v) is 10.4. The molecule has 0 saturated carbocycles. The SMILES string of the molecule is CCN(CC)P(F)(Cl)=N[Si](C)(C)C. The van der Waals surface area contributed by atoms with E-state index in [1.165, 1.54) is 0 Å². The normalized spacial score (nSPS) is 17.2. The van der Waals surface area contributed by atoms with Gasteiger partial charge >= 0.3 is 0 Å². The van der Waals surface area contributed by atoms with Crippen molar-refractivity contribution in [2.24, 2.45) is 4.41 Å². The molecule has 0 radical (unpaired) electrons. The van der Waals surface area contributed by atoms with Crippen molar-refractivity contribution in [3.05, 3.63) is 0 Å². The Morgan fingerprint density at radius 1 is 1.31 bits per heavy atom. The minimum atomic E-state index is -3.18. The summed E-state index contributed by atoms with van der Waals surface area (Å²) in [5.74, 6) is 0. The van der Waals surface area contributed by atoms with E-state index in [0.717, 1.165) is 0 Å². The van der Waals surface area contributed by atoms with E-state index in [1.54, 1.807) is 4.67 Å². The van der Waals surface area contributed by atoms with Crippen molar-refractivity contribution < 1.29 is 4.20 Å². The molecule has 0 aromatic heterocycles. The maximum Gasteiger partial charge on any atom is 0.278 e. The lowest BCUT2D eigenvalue weighted by Crippen LogP contribution is -2.21. The van der Waals surface area contributed by atoms with Gasteiger partial charge in [-0.15, -0.1) is 0 Å². The van der Waals surface area contributed by atoms with Crippen LogP contribution in [0.3, 0.4) is 0 Å². The van der Waals surface area contributed by atoms with Gasteiger partial charge in [-0.25, -0.2) is 4.67 Å². The Morgan fingerprint density at radius 2 is 1.69 bits per heavy atom. The molecule has 6 heteroatoms. The van der Waals surface area contributed by atoms with E-state index in [1.807, 2.05) is 33.5 Å². The van der Waals surface area contributed by atoms with E-state index in [4.69, 9.17) is 11.2 Å². The summed E-state index contributed by atoms with van der Waals surface area (Å²) in [4.78, 5) is 0. The zero-order valence-corrected chi connectivity index (χ0v) is 11.7. The zero-order valence-electron chi connectivity index (χ0n) is 9.01. The molecular formula is C7H19ClFN2PSi. The van der Waals surface area contributed by atoms with Crippen molar-refractivity contribution in [1.29, 1.82) is 0 Å². The summed E-state index contributed by atoms with van der Waals surface area (Å²) in [7, 11) is -1.76. The highest BCUT2D eigenvalue weighted by Gasteiger charge is 2.26. The molecule has 0 N–H and O–H groups in total. The number of nitrogens with zero attached hydrogens (tertiary/aromatic N) is 2. The van der Waals surface area contributed by atoms with E-state index < -0.39 is 15.1 Å². The minimum Gasteiger partial charge on any atom is -0.286 e. The van der Waals surface area contributed by atoms with Gasteiger partial charge < -0.3 is 0 Å². The van der Waals surface area contributed by atoms with E-state index >= 15 is 0 Å². The van der Waals surface area contributed by atoms with Crippen molar-refractivity contribution in [2.75, 3.05) is 13.1 Å². The molecule has 0 aromatic carbocycles. The Labute approximate surface area is 86.6 Å². The summed E-state index contributed by atoms with van der Waals surface area (Å²) in [6.07, 6.45) is 0. The van der Waals surface area contributed by atoms with Crippen LogP contribution in [0.4, 0.5) is 4.20 Å². The van der Waals surface area contributed by atoms with Crippen molar-refractivity contribution in [2.45, 2.75) is 33.5 Å². The maximum absolute atomic E-state index is 13.9. The first-order chi connectivity index (χ1) is 5.73. The van der Waals surface area contributed by atoms with Crippen LogP contribution in [0.1, 0.15) is 13.8 Å². The van der Waals surface area contributed by atoms with Crippen LogP contribution in [-0.2, 0) is 0 Å². The van der Waals surface area contributed by atoms with Crippen LogP contribution in [0.25, 0.3) is 0 Å². The van der Waals surface area contributed by atoms with E-state index in [2.05, 4.69) is 4.41 Å². The van der Waals surface area contributed by atoms with Gasteiger partial charge in [0.2, 0.25) is 0 Å². The van der Waals surface area contributed by atoms with Crippen LogP contribution in [0.2, 0.25) is 19.6 Å². The van der Waals surface area contributed by atoms with Gasteiger partial charge in [-0.05, 0) is 30.9 Å². The van der Waals surface area contributed by atoms with Crippen LogP contribution in [-0.4, -0.2) is 26.0 Å². The lowest BCUT2D eigenvalue weighted by atomic mass is 10.7. The van der Waals surface area contributed by atoms with E-state index in [9.17, 15) is 4.20 Å². The largest absolute Gasteiger partial charge is 0.286 e. The molecule has 1 atom stereocenters. The average Bonchev–Trinajstić information content (AvgIpc) is 1.83. The van der Waals surface area contributed by atoms with Gasteiger partial charge in [-0.1, -0.05) is 13.8 Å². The Bertz CT molecular complexity index is 207. The van der Waals surface area contributed by atoms with Crippen molar-refractivity contribution in [3.63, 3.8) is 0 Å². The molecule has 0 bridgehead atoms. The molecule has 0 saturated heterocycles. The molecule has 0 amide bonds. The van der Waals surface area contributed by atoms with Gasteiger partial charge in [0, 0.05) is 13.1 Å². The van der Waals surface area contributed by atoms with Crippen LogP contribution in [0, 0.1) is 0 Å². The molecule has 0 aliphatic carbocycles. The first kappa shape index (κ1) is 13.6. The standard InChI is InChI=1S/C7H19ClFN2PSi/c1-6-11(7-2)12(8,9)10-13(3,4)5/h6-7H2,1-5H3. The highest BCUT2D eigenvalue weighted by molar-refractivity contribution is 7.85. The van der Waals surface area contributed by atoms with Gasteiger partial charge in [0.25, 0.3) is 6.87 Å². The second-order valence-electron chi connectivity index (χ2n) is 3.87. The Morgan fingerprint density at radius 3 is 1.92 bits per heavy atom. The van der Waals surface area contributed by atoms with Crippen LogP contribution in [0.5, 0.6) is 0 Å². The molecule has 0 spiro atoms. The fourth-order valence-electron chi connectivity index (χ4n) is 0.988. The van der Waals surface area contributed by atoms with Gasteiger partial charge in [0.15, 0.2) is 8.24 Å². The summed E-state index contributed by atoms with van der Waals surface area (Å²) in [5, 5.41) is 0. The Balaban J connectivity index is 4.82. The second-order valence-corrected chi connectivity index (χ2v) is 11.8. The number of rotatable bonds is 4. The van der Waals surface area contributed by atoms with Crippen molar-refractivity contribution in [3.8, 4) is 0 Å². The predicted octanol–water partition coefficient (Wildman–Crippen LogP) is 4.32. The lowest BCUT2D eigenvalue weighted by molar-refractivity contribution is 0.484. The van der Waals surface area contributed by atoms with E-state index in [0.29, 0.717) is 13.1 Å². The van der Waals surface area contributed by atoms with Crippen LogP contribution < -0.4 is 0 Å². The quantitative estimate of drug-likeness (QED) is 0.531. The second kappa shape index (κ2) is 4.92. The summed E-state index contributed by atoms with van der Waals surface area (Å²) < 4.78 is 19.7. The van der Waals surface area contributed by atoms with Gasteiger partial charge in [0.05, 0.1) is 0 Å². The summed E-state index contributed by atoms with van der Waals surface area (Å²) >= 11 is 5.83. The van der Waals surface area contributed by atoms with Crippen LogP contribution in [0.15, 0.2) is 4.41 Å². The zero-order chi connectivity index (χ0) is 10.7. The minimum absolute atomic E-state index is 0.623. The molecule has 0 aliphatic rings. The van der Waals surface area contributed by atoms with Gasteiger partial charge in [0.1, 0.15) is 0 Å².